The van der Waals surface area contributed by atoms with Gasteiger partial charge in [0, 0.05) is 24.5 Å². The average Bonchev–Trinajstić information content (AvgIpc) is 2.71. The van der Waals surface area contributed by atoms with E-state index in [1.54, 1.807) is 13.0 Å². The summed E-state index contributed by atoms with van der Waals surface area (Å²) in [4.78, 5) is 52.2. The van der Waals surface area contributed by atoms with Gasteiger partial charge >= 0.3 is 5.69 Å². The Hall–Kier alpha value is -3.76. The molecule has 0 saturated heterocycles. The van der Waals surface area contributed by atoms with Gasteiger partial charge in [0.1, 0.15) is 0 Å². The molecule has 0 atom stereocenters. The van der Waals surface area contributed by atoms with Crippen LogP contribution in [0, 0.1) is 0 Å². The third-order valence-corrected chi connectivity index (χ3v) is 4.25. The number of pyridine rings is 1. The van der Waals surface area contributed by atoms with Crippen LogP contribution < -0.4 is 26.8 Å². The molecule has 0 aliphatic heterocycles. The zero-order valence-electron chi connectivity index (χ0n) is 16.4. The summed E-state index contributed by atoms with van der Waals surface area (Å²) in [6.07, 6.45) is 1.46. The van der Waals surface area contributed by atoms with Gasteiger partial charge in [-0.25, -0.2) is 14.8 Å². The van der Waals surface area contributed by atoms with E-state index in [9.17, 15) is 14.4 Å². The summed E-state index contributed by atoms with van der Waals surface area (Å²) < 4.78 is 6.33. The zero-order chi connectivity index (χ0) is 21.1. The molecular weight excluding hydrogens is 378 g/mol. The molecule has 0 aliphatic rings. The lowest BCUT2D eigenvalue weighted by Crippen LogP contribution is -2.35. The number of methoxy groups -OCH3 is 1. The number of amides is 1. The third-order valence-electron chi connectivity index (χ3n) is 4.25. The fourth-order valence-corrected chi connectivity index (χ4v) is 2.76. The Morgan fingerprint density at radius 2 is 2.07 bits per heavy atom. The highest BCUT2D eigenvalue weighted by Crippen LogP contribution is 2.19. The summed E-state index contributed by atoms with van der Waals surface area (Å²) in [5.74, 6) is -0.200. The van der Waals surface area contributed by atoms with Crippen LogP contribution in [0.3, 0.4) is 0 Å². The van der Waals surface area contributed by atoms with Crippen molar-refractivity contribution in [3.8, 4) is 5.88 Å². The number of aryl methyl sites for hydroxylation is 1. The van der Waals surface area contributed by atoms with Crippen LogP contribution in [0.2, 0.25) is 0 Å². The lowest BCUT2D eigenvalue weighted by molar-refractivity contribution is 0.0963. The normalized spacial score (nSPS) is 10.9. The van der Waals surface area contributed by atoms with E-state index < -0.39 is 17.2 Å². The Bertz CT molecular complexity index is 1180. The number of ether oxygens (including phenoxy) is 1. The first kappa shape index (κ1) is 20.0. The first-order chi connectivity index (χ1) is 13.8. The molecule has 0 aromatic carbocycles. The van der Waals surface area contributed by atoms with Gasteiger partial charge in [0.15, 0.2) is 5.65 Å². The van der Waals surface area contributed by atoms with Crippen molar-refractivity contribution in [1.29, 1.82) is 0 Å². The second-order valence-electron chi connectivity index (χ2n) is 6.45. The van der Waals surface area contributed by atoms with Gasteiger partial charge in [-0.1, -0.05) is 13.8 Å². The zero-order valence-corrected chi connectivity index (χ0v) is 16.4. The molecule has 152 valence electrons. The maximum Gasteiger partial charge on any atom is 0.329 e. The minimum absolute atomic E-state index is 0.0275. The predicted molar refractivity (Wildman–Crippen MR) is 106 cm³/mol. The van der Waals surface area contributed by atoms with E-state index >= 15 is 0 Å². The molecular formula is C18H21N7O4. The number of carbonyl (C=O) groups excluding carboxylic acids is 1. The maximum absolute atomic E-state index is 12.9. The van der Waals surface area contributed by atoms with Crippen molar-refractivity contribution >= 4 is 22.9 Å². The number of aromatic nitrogens is 5. The second-order valence-corrected chi connectivity index (χ2v) is 6.45. The molecule has 1 amide bonds. The van der Waals surface area contributed by atoms with Crippen LogP contribution in [0.4, 0.5) is 5.95 Å². The molecule has 0 unspecified atom stereocenters. The molecule has 3 aromatic rings. The highest BCUT2D eigenvalue weighted by atomic mass is 16.5. The van der Waals surface area contributed by atoms with Gasteiger partial charge < -0.3 is 4.74 Å². The number of carbonyl (C=O) groups is 1. The van der Waals surface area contributed by atoms with E-state index in [0.29, 0.717) is 11.6 Å². The van der Waals surface area contributed by atoms with Crippen LogP contribution in [-0.4, -0.2) is 37.5 Å². The Kier molecular flexibility index (Phi) is 5.57. The summed E-state index contributed by atoms with van der Waals surface area (Å²) in [5, 5.41) is 0.0294. The third kappa shape index (κ3) is 3.93. The second kappa shape index (κ2) is 8.09. The average molecular weight is 399 g/mol. The molecule has 0 bridgehead atoms. The molecule has 11 nitrogen and oxygen atoms in total. The Labute approximate surface area is 165 Å². The van der Waals surface area contributed by atoms with Crippen molar-refractivity contribution in [3.05, 3.63) is 50.4 Å². The molecule has 0 saturated carbocycles. The topological polar surface area (TPSA) is 144 Å². The van der Waals surface area contributed by atoms with Crippen LogP contribution in [0.5, 0.6) is 5.88 Å². The minimum atomic E-state index is -0.680. The summed E-state index contributed by atoms with van der Waals surface area (Å²) in [6.45, 7) is 5.85. The maximum atomic E-state index is 12.9. The lowest BCUT2D eigenvalue weighted by Gasteiger charge is -2.14. The number of hydrazine groups is 1. The van der Waals surface area contributed by atoms with Crippen LogP contribution in [0.1, 0.15) is 42.7 Å². The van der Waals surface area contributed by atoms with Crippen LogP contribution >= 0.6 is 0 Å². The number of H-pyrrole nitrogens is 1. The number of aromatic amines is 1. The van der Waals surface area contributed by atoms with Gasteiger partial charge in [0.05, 0.1) is 18.1 Å². The summed E-state index contributed by atoms with van der Waals surface area (Å²) >= 11 is 0. The number of rotatable bonds is 6. The van der Waals surface area contributed by atoms with Gasteiger partial charge in [0.25, 0.3) is 11.5 Å². The van der Waals surface area contributed by atoms with Gasteiger partial charge in [0.2, 0.25) is 11.8 Å². The molecule has 0 fully saturated rings. The molecule has 3 heterocycles. The van der Waals surface area contributed by atoms with Crippen molar-refractivity contribution in [3.63, 3.8) is 0 Å². The largest absolute Gasteiger partial charge is 0.481 e. The standard InChI is InChI=1S/C18H21N7O4/c1-5-25-14-13(16(27)22-18(25)28)10(8-11(20-14)9(2)3)15(26)23-24-17-19-7-6-12(21-17)29-4/h6-9H,5H2,1-4H3,(H,23,26)(H,19,21,24)(H,22,27,28). The van der Waals surface area contributed by atoms with E-state index in [1.807, 2.05) is 13.8 Å². The Morgan fingerprint density at radius 1 is 1.31 bits per heavy atom. The smallest absolute Gasteiger partial charge is 0.329 e. The lowest BCUT2D eigenvalue weighted by atomic mass is 10.0. The molecule has 29 heavy (non-hydrogen) atoms. The number of hydrogen-bond acceptors (Lipinski definition) is 8. The summed E-state index contributed by atoms with van der Waals surface area (Å²) in [5.41, 5.74) is 4.62. The summed E-state index contributed by atoms with van der Waals surface area (Å²) in [7, 11) is 1.46. The van der Waals surface area contributed by atoms with Crippen molar-refractivity contribution in [1.82, 2.24) is 29.9 Å². The van der Waals surface area contributed by atoms with Crippen LogP contribution in [0.15, 0.2) is 27.9 Å². The Morgan fingerprint density at radius 3 is 2.72 bits per heavy atom. The fraction of sp³-hybridized carbons (Fsp3) is 0.333. The van der Waals surface area contributed by atoms with Crippen molar-refractivity contribution < 1.29 is 9.53 Å². The van der Waals surface area contributed by atoms with Crippen LogP contribution in [-0.2, 0) is 6.54 Å². The number of nitrogens with zero attached hydrogens (tertiary/aromatic N) is 4. The SMILES string of the molecule is CCn1c(=O)[nH]c(=O)c2c(C(=O)NNc3nccc(OC)n3)cc(C(C)C)nc21. The molecule has 3 rings (SSSR count). The molecule has 3 aromatic heterocycles. The first-order valence-corrected chi connectivity index (χ1v) is 8.96. The van der Waals surface area contributed by atoms with E-state index in [1.165, 1.54) is 23.9 Å². The van der Waals surface area contributed by atoms with Crippen LogP contribution in [0.25, 0.3) is 11.0 Å². The van der Waals surface area contributed by atoms with Crippen molar-refractivity contribution in [2.45, 2.75) is 33.2 Å². The quantitative estimate of drug-likeness (QED) is 0.516. The highest BCUT2D eigenvalue weighted by Gasteiger charge is 2.20. The van der Waals surface area contributed by atoms with E-state index in [0.717, 1.165) is 0 Å². The fourth-order valence-electron chi connectivity index (χ4n) is 2.76. The minimum Gasteiger partial charge on any atom is -0.481 e. The molecule has 11 heteroatoms. The molecule has 0 radical (unpaired) electrons. The monoisotopic (exact) mass is 399 g/mol. The van der Waals surface area contributed by atoms with Gasteiger partial charge in [-0.05, 0) is 18.9 Å². The van der Waals surface area contributed by atoms with Gasteiger partial charge in [-0.2, -0.15) is 4.98 Å². The number of hydrogen-bond donors (Lipinski definition) is 3. The molecule has 0 aliphatic carbocycles. The van der Waals surface area contributed by atoms with Gasteiger partial charge in [-0.3, -0.25) is 30.0 Å². The molecule has 0 spiro atoms. The van der Waals surface area contributed by atoms with Crippen molar-refractivity contribution in [2.75, 3.05) is 12.5 Å². The van der Waals surface area contributed by atoms with E-state index in [4.69, 9.17) is 4.74 Å². The first-order valence-electron chi connectivity index (χ1n) is 8.96. The van der Waals surface area contributed by atoms with Crippen molar-refractivity contribution in [2.24, 2.45) is 0 Å². The predicted octanol–water partition coefficient (Wildman–Crippen LogP) is 0.784. The number of fused-ring (bicyclic) bond motifs is 1. The summed E-state index contributed by atoms with van der Waals surface area (Å²) in [6, 6.07) is 3.10. The number of anilines is 1. The molecule has 3 N–H and O–H groups in total. The Balaban J connectivity index is 2.08. The van der Waals surface area contributed by atoms with E-state index in [-0.39, 0.29) is 35.0 Å². The van der Waals surface area contributed by atoms with Gasteiger partial charge in [-0.15, -0.1) is 0 Å². The highest BCUT2D eigenvalue weighted by molar-refractivity contribution is 6.05. The van der Waals surface area contributed by atoms with E-state index in [2.05, 4.69) is 30.8 Å². The number of nitrogens with one attached hydrogen (secondary N) is 3.